The van der Waals surface area contributed by atoms with E-state index in [-0.39, 0.29) is 11.1 Å². The summed E-state index contributed by atoms with van der Waals surface area (Å²) in [6.45, 7) is 0. The number of hydrogen-bond acceptors (Lipinski definition) is 4. The summed E-state index contributed by atoms with van der Waals surface area (Å²) in [7, 11) is 0. The van der Waals surface area contributed by atoms with Crippen molar-refractivity contribution in [1.82, 2.24) is 15.3 Å². The van der Waals surface area contributed by atoms with Crippen LogP contribution in [0.3, 0.4) is 0 Å². The minimum atomic E-state index is -5.04. The molecular weight excluding hydrogens is 394 g/mol. The average Bonchev–Trinajstić information content (AvgIpc) is 2.68. The van der Waals surface area contributed by atoms with E-state index in [0.29, 0.717) is 5.69 Å². The predicted octanol–water partition coefficient (Wildman–Crippen LogP) is 3.33. The fourth-order valence-electron chi connectivity index (χ4n) is 2.55. The Morgan fingerprint density at radius 3 is 2.52 bits per heavy atom. The van der Waals surface area contributed by atoms with E-state index < -0.39 is 35.4 Å². The van der Waals surface area contributed by atoms with E-state index in [1.807, 2.05) is 0 Å². The van der Waals surface area contributed by atoms with Gasteiger partial charge in [-0.05, 0) is 35.9 Å². The Kier molecular flexibility index (Phi) is 5.62. The van der Waals surface area contributed by atoms with Gasteiger partial charge in [0.25, 0.3) is 5.91 Å². The lowest BCUT2D eigenvalue weighted by atomic mass is 10.0. The normalized spacial score (nSPS) is 12.3. The van der Waals surface area contributed by atoms with E-state index in [1.165, 1.54) is 24.5 Å². The van der Waals surface area contributed by atoms with Crippen molar-refractivity contribution >= 4 is 5.91 Å². The summed E-state index contributed by atoms with van der Waals surface area (Å²) in [6, 6.07) is 9.16. The average molecular weight is 407 g/mol. The molecule has 3 rings (SSSR count). The molecular formula is C19H13F4N3O3. The zero-order valence-electron chi connectivity index (χ0n) is 14.5. The first-order valence-corrected chi connectivity index (χ1v) is 8.18. The molecule has 1 aromatic carbocycles. The van der Waals surface area contributed by atoms with E-state index >= 15 is 0 Å². The number of pyridine rings is 2. The number of alkyl halides is 3. The number of carbonyl (C=O) groups is 1. The number of amides is 1. The minimum absolute atomic E-state index is 0.128. The summed E-state index contributed by atoms with van der Waals surface area (Å²) in [5, 5.41) is 2.63. The van der Waals surface area contributed by atoms with Crippen LogP contribution < -0.4 is 15.6 Å². The molecule has 0 fully saturated rings. The fourth-order valence-corrected chi connectivity index (χ4v) is 2.55. The Morgan fingerprint density at radius 1 is 1.14 bits per heavy atom. The zero-order valence-corrected chi connectivity index (χ0v) is 14.5. The standard InChI is InChI=1S/C19H13F4N3O3/c20-13-9-11(4-6-15(13)29-19(21,22)23)17(14-3-1-2-8-24-14)26-18(28)12-5-7-16(27)25-10-12/h1-10,17H,(H,25,27)(H,26,28)/t17-/m0/s1. The number of aromatic amines is 1. The molecule has 2 aromatic heterocycles. The Hall–Kier alpha value is -3.69. The molecule has 0 aliphatic rings. The van der Waals surface area contributed by atoms with Crippen LogP contribution in [-0.4, -0.2) is 22.2 Å². The van der Waals surface area contributed by atoms with Gasteiger partial charge in [-0.3, -0.25) is 14.6 Å². The number of nitrogens with one attached hydrogen (secondary N) is 2. The number of ether oxygens (including phenoxy) is 1. The van der Waals surface area contributed by atoms with E-state index in [2.05, 4.69) is 20.0 Å². The molecule has 10 heteroatoms. The van der Waals surface area contributed by atoms with Gasteiger partial charge in [0.2, 0.25) is 5.56 Å². The SMILES string of the molecule is O=C(N[C@@H](c1ccc(OC(F)(F)F)c(F)c1)c1ccccn1)c1ccc(=O)[nH]c1. The fraction of sp³-hybridized carbons (Fsp3) is 0.105. The number of benzene rings is 1. The Labute approximate surface area is 161 Å². The van der Waals surface area contributed by atoms with Crippen molar-refractivity contribution in [3.63, 3.8) is 0 Å². The molecule has 2 N–H and O–H groups in total. The van der Waals surface area contributed by atoms with E-state index in [0.717, 1.165) is 18.2 Å². The minimum Gasteiger partial charge on any atom is -0.403 e. The number of aromatic nitrogens is 2. The molecule has 0 bridgehead atoms. The molecule has 1 atom stereocenters. The van der Waals surface area contributed by atoms with Crippen LogP contribution in [0.2, 0.25) is 0 Å². The zero-order chi connectivity index (χ0) is 21.0. The summed E-state index contributed by atoms with van der Waals surface area (Å²) in [6.07, 6.45) is -2.39. The molecule has 6 nitrogen and oxygen atoms in total. The van der Waals surface area contributed by atoms with Gasteiger partial charge < -0.3 is 15.0 Å². The third-order valence-corrected chi connectivity index (χ3v) is 3.82. The molecule has 29 heavy (non-hydrogen) atoms. The molecule has 0 saturated heterocycles. The van der Waals surface area contributed by atoms with Gasteiger partial charge in [-0.1, -0.05) is 12.1 Å². The van der Waals surface area contributed by atoms with Crippen molar-refractivity contribution in [2.45, 2.75) is 12.4 Å². The third kappa shape index (κ3) is 5.18. The van der Waals surface area contributed by atoms with Crippen molar-refractivity contribution in [1.29, 1.82) is 0 Å². The van der Waals surface area contributed by atoms with E-state index in [9.17, 15) is 27.2 Å². The van der Waals surface area contributed by atoms with Gasteiger partial charge in [0.15, 0.2) is 11.6 Å². The Morgan fingerprint density at radius 2 is 1.93 bits per heavy atom. The molecule has 0 unspecified atom stereocenters. The van der Waals surface area contributed by atoms with Crippen LogP contribution in [0.25, 0.3) is 0 Å². The van der Waals surface area contributed by atoms with Crippen LogP contribution in [0.15, 0.2) is 65.7 Å². The molecule has 3 aromatic rings. The number of carbonyl (C=O) groups excluding carboxylic acids is 1. The highest BCUT2D eigenvalue weighted by Crippen LogP contribution is 2.29. The first-order chi connectivity index (χ1) is 13.7. The smallest absolute Gasteiger partial charge is 0.403 e. The maximum absolute atomic E-state index is 14.2. The number of halogens is 4. The van der Waals surface area contributed by atoms with Crippen molar-refractivity contribution in [3.8, 4) is 5.75 Å². The van der Waals surface area contributed by atoms with Crippen molar-refractivity contribution < 1.29 is 27.1 Å². The molecule has 0 aliphatic carbocycles. The Bertz CT molecular complexity index is 1050. The second-order valence-corrected chi connectivity index (χ2v) is 5.84. The predicted molar refractivity (Wildman–Crippen MR) is 93.7 cm³/mol. The summed E-state index contributed by atoms with van der Waals surface area (Å²) in [5.41, 5.74) is 0.204. The van der Waals surface area contributed by atoms with E-state index in [1.54, 1.807) is 18.2 Å². The molecule has 0 radical (unpaired) electrons. The van der Waals surface area contributed by atoms with Gasteiger partial charge in [-0.25, -0.2) is 4.39 Å². The lowest BCUT2D eigenvalue weighted by molar-refractivity contribution is -0.275. The van der Waals surface area contributed by atoms with Gasteiger partial charge in [-0.2, -0.15) is 0 Å². The molecule has 1 amide bonds. The maximum atomic E-state index is 14.2. The Balaban J connectivity index is 1.94. The molecule has 150 valence electrons. The first-order valence-electron chi connectivity index (χ1n) is 8.18. The lowest BCUT2D eigenvalue weighted by Gasteiger charge is -2.20. The number of nitrogens with zero attached hydrogens (tertiary/aromatic N) is 1. The van der Waals surface area contributed by atoms with Gasteiger partial charge in [0.1, 0.15) is 0 Å². The van der Waals surface area contributed by atoms with Gasteiger partial charge in [-0.15, -0.1) is 13.2 Å². The number of hydrogen-bond donors (Lipinski definition) is 2. The number of H-pyrrole nitrogens is 1. The highest BCUT2D eigenvalue weighted by molar-refractivity contribution is 5.94. The van der Waals surface area contributed by atoms with Gasteiger partial charge >= 0.3 is 6.36 Å². The van der Waals surface area contributed by atoms with Crippen LogP contribution in [-0.2, 0) is 0 Å². The van der Waals surface area contributed by atoms with Crippen molar-refractivity contribution in [2.24, 2.45) is 0 Å². The van der Waals surface area contributed by atoms with Crippen LogP contribution in [0, 0.1) is 5.82 Å². The summed E-state index contributed by atoms with van der Waals surface area (Å²) in [5.74, 6) is -2.85. The summed E-state index contributed by atoms with van der Waals surface area (Å²) >= 11 is 0. The largest absolute Gasteiger partial charge is 0.573 e. The highest BCUT2D eigenvalue weighted by Gasteiger charge is 2.32. The molecule has 0 aliphatic heterocycles. The van der Waals surface area contributed by atoms with Crippen LogP contribution in [0.5, 0.6) is 5.75 Å². The topological polar surface area (TPSA) is 84.1 Å². The highest BCUT2D eigenvalue weighted by atomic mass is 19.4. The van der Waals surface area contributed by atoms with Crippen LogP contribution in [0.4, 0.5) is 17.6 Å². The second-order valence-electron chi connectivity index (χ2n) is 5.84. The quantitative estimate of drug-likeness (QED) is 0.636. The lowest BCUT2D eigenvalue weighted by Crippen LogP contribution is -2.30. The second kappa shape index (κ2) is 8.13. The van der Waals surface area contributed by atoms with Gasteiger partial charge in [0, 0.05) is 18.5 Å². The van der Waals surface area contributed by atoms with Crippen molar-refractivity contribution in [3.05, 3.63) is 93.9 Å². The van der Waals surface area contributed by atoms with Crippen LogP contribution >= 0.6 is 0 Å². The molecule has 0 spiro atoms. The molecule has 0 saturated carbocycles. The number of rotatable bonds is 5. The first kappa shape index (κ1) is 20.1. The summed E-state index contributed by atoms with van der Waals surface area (Å²) < 4.78 is 54.8. The summed E-state index contributed by atoms with van der Waals surface area (Å²) in [4.78, 5) is 30.1. The van der Waals surface area contributed by atoms with Gasteiger partial charge in [0.05, 0.1) is 17.3 Å². The third-order valence-electron chi connectivity index (χ3n) is 3.82. The van der Waals surface area contributed by atoms with Crippen LogP contribution in [0.1, 0.15) is 27.7 Å². The maximum Gasteiger partial charge on any atom is 0.573 e. The molecule has 2 heterocycles. The van der Waals surface area contributed by atoms with E-state index in [4.69, 9.17) is 0 Å². The monoisotopic (exact) mass is 407 g/mol. The van der Waals surface area contributed by atoms with Crippen molar-refractivity contribution in [2.75, 3.05) is 0 Å².